The molecular weight excluding hydrogens is 194 g/mol. The highest BCUT2D eigenvalue weighted by atomic mass is 16.6. The average molecular weight is 211 g/mol. The summed E-state index contributed by atoms with van der Waals surface area (Å²) in [5.41, 5.74) is -1.36. The van der Waals surface area contributed by atoms with Crippen LogP contribution in [0.4, 0.5) is 0 Å². The first-order chi connectivity index (χ1) is 7.02. The Morgan fingerprint density at radius 1 is 1.40 bits per heavy atom. The highest BCUT2D eigenvalue weighted by Crippen LogP contribution is 2.51. The molecular formula is C11H17NO3. The van der Waals surface area contributed by atoms with Crippen LogP contribution < -0.4 is 5.32 Å². The fourth-order valence-electron chi connectivity index (χ4n) is 2.98. The lowest BCUT2D eigenvalue weighted by Gasteiger charge is -2.51. The van der Waals surface area contributed by atoms with E-state index in [1.54, 1.807) is 0 Å². The first-order valence-electron chi connectivity index (χ1n) is 5.57. The molecule has 2 aliphatic heterocycles. The van der Waals surface area contributed by atoms with Crippen LogP contribution in [0, 0.1) is 5.92 Å². The third-order valence-corrected chi connectivity index (χ3v) is 3.85. The number of carbonyl (C=O) groups is 2. The van der Waals surface area contributed by atoms with Crippen molar-refractivity contribution in [1.29, 1.82) is 0 Å². The Kier molecular flexibility index (Phi) is 2.07. The van der Waals surface area contributed by atoms with E-state index < -0.39 is 11.1 Å². The van der Waals surface area contributed by atoms with Crippen molar-refractivity contribution < 1.29 is 14.3 Å². The van der Waals surface area contributed by atoms with Crippen molar-refractivity contribution in [3.8, 4) is 0 Å². The maximum Gasteiger partial charge on any atom is 0.336 e. The first-order valence-corrected chi connectivity index (χ1v) is 5.57. The van der Waals surface area contributed by atoms with Crippen LogP contribution in [0.25, 0.3) is 0 Å². The third-order valence-electron chi connectivity index (χ3n) is 3.85. The highest BCUT2D eigenvalue weighted by Gasteiger charge is 2.75. The number of ether oxygens (including phenoxy) is 1. The Morgan fingerprint density at radius 3 is 2.53 bits per heavy atom. The Labute approximate surface area is 89.4 Å². The minimum absolute atomic E-state index is 0.0423. The van der Waals surface area contributed by atoms with Gasteiger partial charge in [-0.3, -0.25) is 4.79 Å². The van der Waals surface area contributed by atoms with Crippen LogP contribution in [0.2, 0.25) is 0 Å². The Morgan fingerprint density at radius 2 is 2.07 bits per heavy atom. The van der Waals surface area contributed by atoms with Crippen molar-refractivity contribution in [2.24, 2.45) is 5.92 Å². The second-order valence-electron chi connectivity index (χ2n) is 4.60. The SMILES string of the molecule is CCC[C@@]12NC(=O)[C@H](CC)[C@]1(C)OC2=O. The summed E-state index contributed by atoms with van der Waals surface area (Å²) in [7, 11) is 0. The van der Waals surface area contributed by atoms with Crippen LogP contribution in [0.1, 0.15) is 40.0 Å². The van der Waals surface area contributed by atoms with E-state index in [-0.39, 0.29) is 17.8 Å². The Balaban J connectivity index is 2.37. The molecule has 4 nitrogen and oxygen atoms in total. The van der Waals surface area contributed by atoms with Gasteiger partial charge in [-0.25, -0.2) is 4.79 Å². The van der Waals surface area contributed by atoms with Gasteiger partial charge in [-0.2, -0.15) is 0 Å². The molecule has 0 unspecified atom stereocenters. The van der Waals surface area contributed by atoms with E-state index in [1.165, 1.54) is 0 Å². The highest BCUT2D eigenvalue weighted by molar-refractivity contribution is 6.01. The molecule has 0 aromatic heterocycles. The molecule has 0 aromatic carbocycles. The molecule has 2 heterocycles. The molecule has 3 atom stereocenters. The molecule has 2 fully saturated rings. The van der Waals surface area contributed by atoms with Crippen LogP contribution in [0.15, 0.2) is 0 Å². The number of fused-ring (bicyclic) bond motifs is 1. The number of carbonyl (C=O) groups excluding carboxylic acids is 2. The summed E-state index contributed by atoms with van der Waals surface area (Å²) in [6.07, 6.45) is 2.24. The fraction of sp³-hybridized carbons (Fsp3) is 0.818. The second-order valence-corrected chi connectivity index (χ2v) is 4.60. The molecule has 1 amide bonds. The molecule has 0 spiro atoms. The third kappa shape index (κ3) is 0.971. The maximum absolute atomic E-state index is 11.8. The molecule has 0 aliphatic carbocycles. The molecule has 4 heteroatoms. The predicted octanol–water partition coefficient (Wildman–Crippen LogP) is 0.997. The molecule has 0 bridgehead atoms. The lowest BCUT2D eigenvalue weighted by Crippen LogP contribution is -2.73. The van der Waals surface area contributed by atoms with Gasteiger partial charge in [-0.1, -0.05) is 20.3 Å². The monoisotopic (exact) mass is 211 g/mol. The predicted molar refractivity (Wildman–Crippen MR) is 54.1 cm³/mol. The summed E-state index contributed by atoms with van der Waals surface area (Å²) in [6, 6.07) is 0. The van der Waals surface area contributed by atoms with Gasteiger partial charge in [-0.05, 0) is 19.8 Å². The number of hydrogen-bond donors (Lipinski definition) is 1. The number of hydrogen-bond acceptors (Lipinski definition) is 3. The number of nitrogens with one attached hydrogen (secondary N) is 1. The molecule has 2 saturated heterocycles. The van der Waals surface area contributed by atoms with Gasteiger partial charge < -0.3 is 10.1 Å². The molecule has 1 N–H and O–H groups in total. The largest absolute Gasteiger partial charge is 0.453 e. The van der Waals surface area contributed by atoms with Crippen molar-refractivity contribution in [2.75, 3.05) is 0 Å². The summed E-state index contributed by atoms with van der Waals surface area (Å²) < 4.78 is 5.26. The average Bonchev–Trinajstić information content (AvgIpc) is 2.33. The van der Waals surface area contributed by atoms with Crippen LogP contribution >= 0.6 is 0 Å². The molecule has 2 rings (SSSR count). The summed E-state index contributed by atoms with van der Waals surface area (Å²) in [5.74, 6) is -0.503. The van der Waals surface area contributed by atoms with Crippen molar-refractivity contribution >= 4 is 11.9 Å². The quantitative estimate of drug-likeness (QED) is 0.708. The summed E-state index contributed by atoms with van der Waals surface area (Å²) >= 11 is 0. The van der Waals surface area contributed by atoms with Crippen LogP contribution in [0.3, 0.4) is 0 Å². The zero-order valence-electron chi connectivity index (χ0n) is 9.42. The van der Waals surface area contributed by atoms with Gasteiger partial charge in [-0.15, -0.1) is 0 Å². The maximum atomic E-state index is 11.8. The normalized spacial score (nSPS) is 43.0. The van der Waals surface area contributed by atoms with E-state index in [4.69, 9.17) is 4.74 Å². The lowest BCUT2D eigenvalue weighted by atomic mass is 9.69. The zero-order valence-corrected chi connectivity index (χ0v) is 9.42. The Hall–Kier alpha value is -1.06. The van der Waals surface area contributed by atoms with E-state index in [2.05, 4.69) is 5.32 Å². The van der Waals surface area contributed by atoms with Gasteiger partial charge in [0.1, 0.15) is 0 Å². The van der Waals surface area contributed by atoms with E-state index in [9.17, 15) is 9.59 Å². The first kappa shape index (κ1) is 10.5. The second kappa shape index (κ2) is 2.97. The number of rotatable bonds is 3. The molecule has 15 heavy (non-hydrogen) atoms. The number of esters is 1. The van der Waals surface area contributed by atoms with Crippen molar-refractivity contribution in [1.82, 2.24) is 5.32 Å². The van der Waals surface area contributed by atoms with Crippen molar-refractivity contribution in [3.05, 3.63) is 0 Å². The molecule has 0 aromatic rings. The van der Waals surface area contributed by atoms with E-state index >= 15 is 0 Å². The smallest absolute Gasteiger partial charge is 0.336 e. The van der Waals surface area contributed by atoms with E-state index in [0.29, 0.717) is 12.8 Å². The molecule has 0 saturated carbocycles. The van der Waals surface area contributed by atoms with Crippen molar-refractivity contribution in [2.45, 2.75) is 51.2 Å². The summed E-state index contributed by atoms with van der Waals surface area (Å²) in [5, 5.41) is 2.85. The summed E-state index contributed by atoms with van der Waals surface area (Å²) in [6.45, 7) is 5.83. The van der Waals surface area contributed by atoms with Crippen molar-refractivity contribution in [3.63, 3.8) is 0 Å². The van der Waals surface area contributed by atoms with Gasteiger partial charge in [0.05, 0.1) is 5.92 Å². The fourth-order valence-corrected chi connectivity index (χ4v) is 2.98. The number of amides is 1. The van der Waals surface area contributed by atoms with Gasteiger partial charge in [0.15, 0.2) is 11.1 Å². The molecule has 0 radical (unpaired) electrons. The van der Waals surface area contributed by atoms with Gasteiger partial charge in [0.2, 0.25) is 5.91 Å². The van der Waals surface area contributed by atoms with E-state index in [0.717, 1.165) is 6.42 Å². The van der Waals surface area contributed by atoms with E-state index in [1.807, 2.05) is 20.8 Å². The molecule has 2 aliphatic rings. The topological polar surface area (TPSA) is 55.4 Å². The Bertz CT molecular complexity index is 328. The van der Waals surface area contributed by atoms with Crippen LogP contribution in [0.5, 0.6) is 0 Å². The zero-order chi connectivity index (χ0) is 11.3. The standard InChI is InChI=1S/C11H17NO3/c1-4-6-11-9(14)15-10(11,3)7(5-2)8(13)12-11/h7H,4-6H2,1-3H3,(H,12,13)/t7-,10-,11-/m0/s1. The molecule has 84 valence electrons. The minimum Gasteiger partial charge on any atom is -0.453 e. The van der Waals surface area contributed by atoms with Crippen LogP contribution in [-0.2, 0) is 14.3 Å². The lowest BCUT2D eigenvalue weighted by molar-refractivity contribution is -0.220. The van der Waals surface area contributed by atoms with Crippen LogP contribution in [-0.4, -0.2) is 23.0 Å². The summed E-state index contributed by atoms with van der Waals surface area (Å²) in [4.78, 5) is 23.4. The minimum atomic E-state index is -0.737. The van der Waals surface area contributed by atoms with Gasteiger partial charge in [0, 0.05) is 0 Å². The van der Waals surface area contributed by atoms with Gasteiger partial charge >= 0.3 is 5.97 Å². The van der Waals surface area contributed by atoms with Gasteiger partial charge in [0.25, 0.3) is 0 Å².